The average Bonchev–Trinajstić information content (AvgIpc) is 3.65. The Morgan fingerprint density at radius 2 is 1.81 bits per heavy atom. The van der Waals surface area contributed by atoms with Crippen LogP contribution in [0.5, 0.6) is 0 Å². The molecule has 2 fully saturated rings. The van der Waals surface area contributed by atoms with Crippen LogP contribution in [0.4, 0.5) is 0 Å². The molecule has 1 aromatic heterocycles. The number of halogens is 1. The predicted molar refractivity (Wildman–Crippen MR) is 175 cm³/mol. The second-order valence-electron chi connectivity index (χ2n) is 12.2. The Morgan fingerprint density at radius 1 is 1.02 bits per heavy atom. The van der Waals surface area contributed by atoms with Crippen LogP contribution in [-0.4, -0.2) is 39.4 Å². The van der Waals surface area contributed by atoms with Gasteiger partial charge in [0.1, 0.15) is 5.54 Å². The molecule has 8 heteroatoms. The van der Waals surface area contributed by atoms with Gasteiger partial charge < -0.3 is 20.1 Å². The van der Waals surface area contributed by atoms with Crippen LogP contribution in [-0.2, 0) is 11.3 Å². The van der Waals surface area contributed by atoms with E-state index in [1.165, 1.54) is 59.9 Å². The van der Waals surface area contributed by atoms with Gasteiger partial charge in [0.15, 0.2) is 5.50 Å². The second-order valence-corrected chi connectivity index (χ2v) is 14.7. The van der Waals surface area contributed by atoms with Gasteiger partial charge in [-0.3, -0.25) is 9.59 Å². The van der Waals surface area contributed by atoms with Crippen molar-refractivity contribution in [2.75, 3.05) is 7.05 Å². The number of hydrogen-bond acceptors (Lipinski definition) is 4. The monoisotopic (exact) mass is 644 g/mol. The van der Waals surface area contributed by atoms with Crippen LogP contribution in [0.3, 0.4) is 0 Å². The number of aromatic nitrogens is 1. The number of thioether (sulfide) groups is 1. The number of benzene rings is 2. The lowest BCUT2D eigenvalue weighted by atomic mass is 9.81. The summed E-state index contributed by atoms with van der Waals surface area (Å²) in [6.45, 7) is 0.765. The number of amides is 2. The molecule has 42 heavy (non-hydrogen) atoms. The first-order chi connectivity index (χ1) is 20.4. The highest BCUT2D eigenvalue weighted by Crippen LogP contribution is 2.46. The molecule has 3 aromatic rings. The minimum Gasteiger partial charge on any atom is -0.350 e. The fourth-order valence-electron chi connectivity index (χ4n) is 7.45. The van der Waals surface area contributed by atoms with Crippen LogP contribution < -0.4 is 10.6 Å². The van der Waals surface area contributed by atoms with Crippen LogP contribution >= 0.6 is 27.7 Å². The normalized spacial score (nSPS) is 21.5. The summed E-state index contributed by atoms with van der Waals surface area (Å²) < 4.78 is 3.39. The second kappa shape index (κ2) is 11.3. The summed E-state index contributed by atoms with van der Waals surface area (Å²) in [7, 11) is 1.94. The number of nitrogens with zero attached hydrogens (tertiary/aromatic N) is 2. The maximum atomic E-state index is 13.9. The third-order valence-electron chi connectivity index (χ3n) is 9.58. The van der Waals surface area contributed by atoms with E-state index < -0.39 is 5.54 Å². The molecule has 4 aliphatic rings. The van der Waals surface area contributed by atoms with E-state index >= 15 is 0 Å². The molecule has 3 heterocycles. The van der Waals surface area contributed by atoms with Crippen LogP contribution in [0.25, 0.3) is 28.2 Å². The lowest BCUT2D eigenvalue weighted by molar-refractivity contribution is -0.128. The van der Waals surface area contributed by atoms with Crippen LogP contribution in [0.1, 0.15) is 85.2 Å². The maximum absolute atomic E-state index is 13.9. The quantitative estimate of drug-likeness (QED) is 0.299. The zero-order chi connectivity index (χ0) is 28.8. The van der Waals surface area contributed by atoms with Crippen molar-refractivity contribution in [1.29, 1.82) is 0 Å². The van der Waals surface area contributed by atoms with Crippen molar-refractivity contribution in [2.24, 2.45) is 0 Å². The molecule has 2 aliphatic heterocycles. The van der Waals surface area contributed by atoms with Crippen molar-refractivity contribution >= 4 is 56.5 Å². The summed E-state index contributed by atoms with van der Waals surface area (Å²) in [5, 5.41) is 7.64. The highest BCUT2D eigenvalue weighted by Gasteiger charge is 2.44. The Bertz CT molecular complexity index is 1610. The molecular weight excluding hydrogens is 608 g/mol. The highest BCUT2D eigenvalue weighted by atomic mass is 79.9. The summed E-state index contributed by atoms with van der Waals surface area (Å²) in [5.41, 5.74) is 5.89. The number of hydrogen-bond donors (Lipinski definition) is 2. The Hall–Kier alpha value is -2.97. The van der Waals surface area contributed by atoms with Gasteiger partial charge in [0.2, 0.25) is 5.91 Å². The van der Waals surface area contributed by atoms with Gasteiger partial charge in [-0.2, -0.15) is 0 Å². The molecule has 6 nitrogen and oxygen atoms in total. The molecule has 1 atom stereocenters. The topological polar surface area (TPSA) is 66.4 Å². The molecule has 218 valence electrons. The predicted octanol–water partition coefficient (Wildman–Crippen LogP) is 7.70. The van der Waals surface area contributed by atoms with E-state index in [9.17, 15) is 9.59 Å². The van der Waals surface area contributed by atoms with Crippen molar-refractivity contribution in [3.05, 3.63) is 75.2 Å². The van der Waals surface area contributed by atoms with Crippen molar-refractivity contribution in [2.45, 2.75) is 81.3 Å². The van der Waals surface area contributed by atoms with Crippen molar-refractivity contribution < 1.29 is 9.59 Å². The first kappa shape index (κ1) is 27.8. The number of carbonyl (C=O) groups excluding carboxylic acids is 2. The van der Waals surface area contributed by atoms with Crippen LogP contribution in [0.2, 0.25) is 0 Å². The first-order valence-corrected chi connectivity index (χ1v) is 16.9. The Kier molecular flexibility index (Phi) is 7.47. The van der Waals surface area contributed by atoms with E-state index in [4.69, 9.17) is 0 Å². The van der Waals surface area contributed by atoms with Gasteiger partial charge in [0, 0.05) is 41.8 Å². The third kappa shape index (κ3) is 4.90. The Labute approximate surface area is 260 Å². The van der Waals surface area contributed by atoms with E-state index in [1.54, 1.807) is 11.8 Å². The summed E-state index contributed by atoms with van der Waals surface area (Å²) >= 11 is 5.07. The standard InChI is InChI=1S/C34H37BrN4O2S/c1-38-21-28(35)42-33(38)36-32(41)34(17-7-8-18-34)37-31(40)24-15-16-26-27(20-24)39-19-9-13-22-10-5-6-14-25(22)30(39)29(26)23-11-3-2-4-12-23/h5-6,9-10,13-16,20-21,23,33H,2-4,7-8,11-12,17-19H2,1H3,(H,36,41)(H,37,40). The van der Waals surface area contributed by atoms with Crippen molar-refractivity contribution in [3.63, 3.8) is 0 Å². The number of nitrogens with one attached hydrogen (secondary N) is 2. The number of rotatable bonds is 5. The summed E-state index contributed by atoms with van der Waals surface area (Å²) in [6, 6.07) is 14.9. The van der Waals surface area contributed by atoms with E-state index in [1.807, 2.05) is 24.2 Å². The Morgan fingerprint density at radius 3 is 2.57 bits per heavy atom. The summed E-state index contributed by atoms with van der Waals surface area (Å²) in [5.74, 6) is 0.238. The molecule has 2 N–H and O–H groups in total. The molecule has 0 saturated heterocycles. The molecule has 2 aliphatic carbocycles. The third-order valence-corrected chi connectivity index (χ3v) is 11.3. The molecule has 0 spiro atoms. The van der Waals surface area contributed by atoms with E-state index in [2.05, 4.69) is 79.7 Å². The number of fused-ring (bicyclic) bond motifs is 5. The van der Waals surface area contributed by atoms with Crippen LogP contribution in [0, 0.1) is 0 Å². The van der Waals surface area contributed by atoms with Gasteiger partial charge >= 0.3 is 0 Å². The van der Waals surface area contributed by atoms with Gasteiger partial charge in [-0.1, -0.05) is 86.3 Å². The van der Waals surface area contributed by atoms with Crippen molar-refractivity contribution in [1.82, 2.24) is 20.1 Å². The SMILES string of the molecule is CN1C=C(Br)SC1NC(=O)C1(NC(=O)c2ccc3c(C4CCCCC4)c4n(c3c2)CC=Cc2ccccc2-4)CCCC1. The lowest BCUT2D eigenvalue weighted by Gasteiger charge is -2.32. The molecular formula is C34H37BrN4O2S. The maximum Gasteiger partial charge on any atom is 0.252 e. The molecule has 0 radical (unpaired) electrons. The molecule has 7 rings (SSSR count). The average molecular weight is 646 g/mol. The van der Waals surface area contributed by atoms with E-state index in [-0.39, 0.29) is 17.3 Å². The first-order valence-electron chi connectivity index (χ1n) is 15.2. The Balaban J connectivity index is 1.25. The number of carbonyl (C=O) groups is 2. The van der Waals surface area contributed by atoms with Gasteiger partial charge in [-0.25, -0.2) is 0 Å². The fraction of sp³-hybridized carbons (Fsp3) is 0.412. The molecule has 0 bridgehead atoms. The minimum atomic E-state index is -0.895. The fourth-order valence-corrected chi connectivity index (χ4v) is 9.14. The largest absolute Gasteiger partial charge is 0.350 e. The van der Waals surface area contributed by atoms with Crippen LogP contribution in [0.15, 0.2) is 58.6 Å². The van der Waals surface area contributed by atoms with Gasteiger partial charge in [-0.15, -0.1) is 0 Å². The van der Waals surface area contributed by atoms with E-state index in [0.717, 1.165) is 28.7 Å². The van der Waals surface area contributed by atoms with Gasteiger partial charge in [-0.05, 0) is 70.8 Å². The summed E-state index contributed by atoms with van der Waals surface area (Å²) in [6.07, 6.45) is 15.8. The zero-order valence-electron chi connectivity index (χ0n) is 24.0. The molecule has 1 unspecified atom stereocenters. The summed E-state index contributed by atoms with van der Waals surface area (Å²) in [4.78, 5) is 29.5. The molecule has 2 aromatic carbocycles. The lowest BCUT2D eigenvalue weighted by Crippen LogP contribution is -2.59. The number of allylic oxidation sites excluding steroid dienone is 1. The van der Waals surface area contributed by atoms with Crippen molar-refractivity contribution in [3.8, 4) is 11.3 Å². The van der Waals surface area contributed by atoms with E-state index in [0.29, 0.717) is 24.3 Å². The smallest absolute Gasteiger partial charge is 0.252 e. The minimum absolute atomic E-state index is 0.104. The molecule has 2 saturated carbocycles. The zero-order valence-corrected chi connectivity index (χ0v) is 26.4. The van der Waals surface area contributed by atoms with Gasteiger partial charge in [0.25, 0.3) is 5.91 Å². The van der Waals surface area contributed by atoms with Gasteiger partial charge in [0.05, 0.1) is 9.51 Å². The molecule has 2 amide bonds. The highest BCUT2D eigenvalue weighted by molar-refractivity contribution is 9.14.